The highest BCUT2D eigenvalue weighted by atomic mass is 127. The Balaban J connectivity index is 4.44. The Bertz CT molecular complexity index is 154. The van der Waals surface area contributed by atoms with Crippen molar-refractivity contribution in [2.24, 2.45) is 0 Å². The van der Waals surface area contributed by atoms with Gasteiger partial charge in [-0.05, 0) is 0 Å². The van der Waals surface area contributed by atoms with Crippen molar-refractivity contribution in [1.82, 2.24) is 0 Å². The third-order valence-corrected chi connectivity index (χ3v) is 1.44. The Labute approximate surface area is 80.7 Å². The minimum Gasteiger partial charge on any atom is -0.196 e. The van der Waals surface area contributed by atoms with Gasteiger partial charge in [-0.2, -0.15) is 22.0 Å². The SMILES string of the molecule is CC(C)(I)CC(F)(F)C(F)(F)F. The van der Waals surface area contributed by atoms with Crippen LogP contribution in [0.4, 0.5) is 22.0 Å². The third-order valence-electron chi connectivity index (χ3n) is 1.06. The zero-order valence-electron chi connectivity index (χ0n) is 6.47. The Morgan fingerprint density at radius 1 is 1.00 bits per heavy atom. The van der Waals surface area contributed by atoms with E-state index in [4.69, 9.17) is 0 Å². The van der Waals surface area contributed by atoms with Crippen LogP contribution in [0.2, 0.25) is 0 Å². The molecule has 0 heterocycles. The van der Waals surface area contributed by atoms with Crippen LogP contribution < -0.4 is 0 Å². The van der Waals surface area contributed by atoms with Crippen molar-refractivity contribution in [2.75, 3.05) is 0 Å². The van der Waals surface area contributed by atoms with Crippen LogP contribution in [0.15, 0.2) is 0 Å². The van der Waals surface area contributed by atoms with E-state index in [0.717, 1.165) is 0 Å². The van der Waals surface area contributed by atoms with Gasteiger partial charge in [0.25, 0.3) is 0 Å². The second-order valence-electron chi connectivity index (χ2n) is 3.10. The molecule has 74 valence electrons. The fourth-order valence-corrected chi connectivity index (χ4v) is 1.11. The first-order chi connectivity index (χ1) is 4.96. The van der Waals surface area contributed by atoms with Crippen LogP contribution in [0.25, 0.3) is 0 Å². The smallest absolute Gasteiger partial charge is 0.196 e. The number of hydrogen-bond acceptors (Lipinski definition) is 0. The zero-order valence-corrected chi connectivity index (χ0v) is 8.63. The second-order valence-corrected chi connectivity index (χ2v) is 6.02. The summed E-state index contributed by atoms with van der Waals surface area (Å²) in [6, 6.07) is 0. The van der Waals surface area contributed by atoms with Crippen molar-refractivity contribution in [3.05, 3.63) is 0 Å². The summed E-state index contributed by atoms with van der Waals surface area (Å²) in [5, 5.41) is 0. The van der Waals surface area contributed by atoms with Gasteiger partial charge >= 0.3 is 12.1 Å². The molecule has 0 amide bonds. The van der Waals surface area contributed by atoms with Gasteiger partial charge in [0.15, 0.2) is 0 Å². The summed E-state index contributed by atoms with van der Waals surface area (Å²) in [5.41, 5.74) is 0. The predicted octanol–water partition coefficient (Wildman–Crippen LogP) is 3.79. The summed E-state index contributed by atoms with van der Waals surface area (Å²) in [6.07, 6.45) is -6.63. The molecular formula is C6H8F5I. The molecule has 0 N–H and O–H groups in total. The molecule has 0 aromatic rings. The lowest BCUT2D eigenvalue weighted by atomic mass is 10.1. The highest BCUT2D eigenvalue weighted by Gasteiger charge is 2.58. The Hall–Kier alpha value is 0.380. The van der Waals surface area contributed by atoms with E-state index >= 15 is 0 Å². The van der Waals surface area contributed by atoms with E-state index in [-0.39, 0.29) is 0 Å². The second kappa shape index (κ2) is 3.26. The lowest BCUT2D eigenvalue weighted by Gasteiger charge is -2.25. The van der Waals surface area contributed by atoms with Crippen LogP contribution in [0, 0.1) is 0 Å². The molecule has 0 atom stereocenters. The maximum Gasteiger partial charge on any atom is 0.453 e. The van der Waals surface area contributed by atoms with Crippen molar-refractivity contribution in [1.29, 1.82) is 0 Å². The summed E-state index contributed by atoms with van der Waals surface area (Å²) in [5.74, 6) is -4.59. The lowest BCUT2D eigenvalue weighted by molar-refractivity contribution is -0.285. The molecule has 0 bridgehead atoms. The molecule has 0 saturated heterocycles. The van der Waals surface area contributed by atoms with Crippen LogP contribution in [0.5, 0.6) is 0 Å². The molecule has 12 heavy (non-hydrogen) atoms. The lowest BCUT2D eigenvalue weighted by Crippen LogP contribution is -2.40. The van der Waals surface area contributed by atoms with E-state index < -0.39 is 21.9 Å². The normalized spacial score (nSPS) is 15.0. The molecule has 0 saturated carbocycles. The summed E-state index contributed by atoms with van der Waals surface area (Å²) < 4.78 is 58.4. The molecule has 0 unspecified atom stereocenters. The minimum absolute atomic E-state index is 1.06. The molecular weight excluding hydrogens is 294 g/mol. The van der Waals surface area contributed by atoms with Gasteiger partial charge in [-0.15, -0.1) is 0 Å². The van der Waals surface area contributed by atoms with Crippen LogP contribution in [-0.2, 0) is 0 Å². The van der Waals surface area contributed by atoms with Gasteiger partial charge in [0, 0.05) is 9.84 Å². The van der Waals surface area contributed by atoms with Gasteiger partial charge in [0.05, 0.1) is 0 Å². The fraction of sp³-hybridized carbons (Fsp3) is 1.00. The maximum atomic E-state index is 12.3. The van der Waals surface area contributed by atoms with E-state index in [1.807, 2.05) is 0 Å². The van der Waals surface area contributed by atoms with E-state index in [0.29, 0.717) is 0 Å². The van der Waals surface area contributed by atoms with Gasteiger partial charge in [0.1, 0.15) is 0 Å². The molecule has 0 fully saturated rings. The van der Waals surface area contributed by atoms with E-state index in [2.05, 4.69) is 0 Å². The number of rotatable bonds is 2. The van der Waals surface area contributed by atoms with Gasteiger partial charge in [-0.3, -0.25) is 0 Å². The van der Waals surface area contributed by atoms with E-state index in [1.54, 1.807) is 22.6 Å². The Morgan fingerprint density at radius 3 is 1.42 bits per heavy atom. The number of alkyl halides is 6. The first-order valence-corrected chi connectivity index (χ1v) is 4.17. The fourth-order valence-electron chi connectivity index (χ4n) is 0.628. The Kier molecular flexibility index (Phi) is 3.37. The monoisotopic (exact) mass is 302 g/mol. The van der Waals surface area contributed by atoms with Gasteiger partial charge < -0.3 is 0 Å². The van der Waals surface area contributed by atoms with Crippen LogP contribution in [-0.4, -0.2) is 15.5 Å². The van der Waals surface area contributed by atoms with Crippen molar-refractivity contribution in [3.63, 3.8) is 0 Å². The molecule has 0 aliphatic heterocycles. The molecule has 0 aliphatic carbocycles. The molecule has 0 spiro atoms. The molecule has 0 aromatic heterocycles. The molecule has 0 aromatic carbocycles. The zero-order chi connectivity index (χ0) is 10.2. The van der Waals surface area contributed by atoms with Gasteiger partial charge in [0.2, 0.25) is 0 Å². The molecule has 0 radical (unpaired) electrons. The van der Waals surface area contributed by atoms with Crippen LogP contribution in [0.3, 0.4) is 0 Å². The summed E-state index contributed by atoms with van der Waals surface area (Å²) in [4.78, 5) is 0. The van der Waals surface area contributed by atoms with Crippen LogP contribution in [0.1, 0.15) is 20.3 Å². The van der Waals surface area contributed by atoms with Gasteiger partial charge in [-0.25, -0.2) is 0 Å². The van der Waals surface area contributed by atoms with Gasteiger partial charge in [-0.1, -0.05) is 36.4 Å². The summed E-state index contributed by atoms with van der Waals surface area (Å²) in [7, 11) is 0. The first kappa shape index (κ1) is 12.4. The van der Waals surface area contributed by atoms with Crippen molar-refractivity contribution >= 4 is 22.6 Å². The average Bonchev–Trinajstić information content (AvgIpc) is 1.52. The highest BCUT2D eigenvalue weighted by molar-refractivity contribution is 14.1. The largest absolute Gasteiger partial charge is 0.453 e. The standard InChI is InChI=1S/C6H8F5I/c1-4(2,12)3-5(7,8)6(9,10)11/h3H2,1-2H3. The van der Waals surface area contributed by atoms with Crippen molar-refractivity contribution in [2.45, 2.75) is 35.8 Å². The predicted molar refractivity (Wildman–Crippen MR) is 43.7 cm³/mol. The minimum atomic E-state index is -5.44. The average molecular weight is 302 g/mol. The molecule has 0 nitrogen and oxygen atoms in total. The molecule has 0 aliphatic rings. The Morgan fingerprint density at radius 2 is 1.33 bits per heavy atom. The van der Waals surface area contributed by atoms with Crippen LogP contribution >= 0.6 is 22.6 Å². The highest BCUT2D eigenvalue weighted by Crippen LogP contribution is 2.43. The summed E-state index contributed by atoms with van der Waals surface area (Å²) >= 11 is 1.56. The number of hydrogen-bond donors (Lipinski definition) is 0. The summed E-state index contributed by atoms with van der Waals surface area (Å²) in [6.45, 7) is 2.65. The van der Waals surface area contributed by atoms with Crippen molar-refractivity contribution < 1.29 is 22.0 Å². The van der Waals surface area contributed by atoms with E-state index in [9.17, 15) is 22.0 Å². The maximum absolute atomic E-state index is 12.3. The van der Waals surface area contributed by atoms with E-state index in [1.165, 1.54) is 13.8 Å². The van der Waals surface area contributed by atoms with Crippen molar-refractivity contribution in [3.8, 4) is 0 Å². The molecule has 6 heteroatoms. The third kappa shape index (κ3) is 3.86. The first-order valence-electron chi connectivity index (χ1n) is 3.09. The topological polar surface area (TPSA) is 0 Å². The molecule has 0 rings (SSSR count). The quantitative estimate of drug-likeness (QED) is 0.413. The number of halogens is 6.